The Morgan fingerprint density at radius 3 is 2.80 bits per heavy atom. The molecule has 0 aliphatic heterocycles. The molecule has 78 valence electrons. The molecular weight excluding hydrogens is 262 g/mol. The number of phenols is 1. The lowest BCUT2D eigenvalue weighted by Crippen LogP contribution is -2.05. The zero-order valence-corrected chi connectivity index (χ0v) is 9.54. The largest absolute Gasteiger partial charge is 0.507 e. The fourth-order valence-electron chi connectivity index (χ4n) is 1.13. The molecule has 0 radical (unpaired) electrons. The number of aromatic hydroxyl groups is 1. The van der Waals surface area contributed by atoms with Crippen LogP contribution in [0.25, 0.3) is 0 Å². The van der Waals surface area contributed by atoms with Crippen molar-refractivity contribution >= 4 is 21.9 Å². The second kappa shape index (κ2) is 4.80. The molecule has 0 heterocycles. The number of methoxy groups -OCH3 is 1. The second-order valence-electron chi connectivity index (χ2n) is 2.76. The summed E-state index contributed by atoms with van der Waals surface area (Å²) in [6, 6.07) is 4.52. The number of carbonyl (C=O) groups excluding carboxylic acids is 1. The van der Waals surface area contributed by atoms with E-state index in [9.17, 15) is 9.90 Å². The number of halogens is 1. The summed E-state index contributed by atoms with van der Waals surface area (Å²) in [6.45, 7) is 0. The molecule has 0 fully saturated rings. The molecule has 0 bridgehead atoms. The molecule has 1 rings (SSSR count). The number of hydrogen-bond acceptors (Lipinski definition) is 4. The summed E-state index contributed by atoms with van der Waals surface area (Å²) in [6.07, 6.45) is 0. The van der Waals surface area contributed by atoms with Gasteiger partial charge in [0.25, 0.3) is 0 Å². The number of benzene rings is 1. The van der Waals surface area contributed by atoms with Gasteiger partial charge in [-0.3, -0.25) is 0 Å². The number of esters is 1. The molecule has 0 aliphatic rings. The van der Waals surface area contributed by atoms with Crippen molar-refractivity contribution in [2.75, 3.05) is 7.11 Å². The molecule has 0 aromatic heterocycles. The minimum Gasteiger partial charge on any atom is -0.507 e. The van der Waals surface area contributed by atoms with Gasteiger partial charge < -0.3 is 9.84 Å². The summed E-state index contributed by atoms with van der Waals surface area (Å²) in [5.74, 6) is -0.758. The molecule has 0 saturated heterocycles. The topological polar surface area (TPSA) is 70.3 Å². The van der Waals surface area contributed by atoms with Crippen LogP contribution in [0.3, 0.4) is 0 Å². The van der Waals surface area contributed by atoms with Crippen molar-refractivity contribution in [1.29, 1.82) is 5.26 Å². The Hall–Kier alpha value is -1.54. The molecule has 0 spiro atoms. The van der Waals surface area contributed by atoms with Gasteiger partial charge in [0.1, 0.15) is 11.8 Å². The molecule has 0 amide bonds. The van der Waals surface area contributed by atoms with E-state index in [2.05, 4.69) is 20.7 Å². The number of carbonyl (C=O) groups is 1. The van der Waals surface area contributed by atoms with Crippen LogP contribution >= 0.6 is 15.9 Å². The molecule has 1 N–H and O–H groups in total. The summed E-state index contributed by atoms with van der Waals surface area (Å²) in [7, 11) is 1.26. The van der Waals surface area contributed by atoms with Crippen LogP contribution in [0, 0.1) is 11.3 Å². The third kappa shape index (κ3) is 2.28. The van der Waals surface area contributed by atoms with Crippen molar-refractivity contribution in [3.63, 3.8) is 0 Å². The van der Waals surface area contributed by atoms with Gasteiger partial charge in [-0.15, -0.1) is 0 Å². The van der Waals surface area contributed by atoms with Crippen LogP contribution in [-0.4, -0.2) is 18.2 Å². The number of hydrogen-bond donors (Lipinski definition) is 1. The first-order chi connectivity index (χ1) is 7.13. The standard InChI is InChI=1S/C10H8BrNO3/c1-15-10(14)8-3-9(13)7(5-12)2-6(8)4-11/h2-3,13H,4H2,1H3. The number of ether oxygens (including phenoxy) is 1. The minimum absolute atomic E-state index is 0.136. The molecule has 5 heteroatoms. The number of phenolic OH excluding ortho intramolecular Hbond substituents is 1. The zero-order valence-electron chi connectivity index (χ0n) is 7.95. The van der Waals surface area contributed by atoms with Crippen molar-refractivity contribution in [2.45, 2.75) is 5.33 Å². The molecular formula is C10H8BrNO3. The van der Waals surface area contributed by atoms with Crippen LogP contribution < -0.4 is 0 Å². The second-order valence-corrected chi connectivity index (χ2v) is 3.32. The zero-order chi connectivity index (χ0) is 11.4. The summed E-state index contributed by atoms with van der Waals surface area (Å²) >= 11 is 3.19. The molecule has 0 aliphatic carbocycles. The van der Waals surface area contributed by atoms with Crippen LogP contribution in [0.1, 0.15) is 21.5 Å². The molecule has 1 aromatic carbocycles. The summed E-state index contributed by atoms with van der Waals surface area (Å²) in [5, 5.41) is 18.5. The van der Waals surface area contributed by atoms with E-state index in [1.54, 1.807) is 0 Å². The SMILES string of the molecule is COC(=O)c1cc(O)c(C#N)cc1CBr. The quantitative estimate of drug-likeness (QED) is 0.658. The summed E-state index contributed by atoms with van der Waals surface area (Å²) in [5.41, 5.74) is 0.999. The highest BCUT2D eigenvalue weighted by Crippen LogP contribution is 2.24. The third-order valence-electron chi connectivity index (χ3n) is 1.89. The molecule has 0 saturated carbocycles. The predicted molar refractivity (Wildman–Crippen MR) is 56.8 cm³/mol. The highest BCUT2D eigenvalue weighted by molar-refractivity contribution is 9.08. The summed E-state index contributed by atoms with van der Waals surface area (Å²) in [4.78, 5) is 11.3. The Kier molecular flexibility index (Phi) is 3.69. The number of nitrogens with zero attached hydrogens (tertiary/aromatic N) is 1. The van der Waals surface area contributed by atoms with Crippen molar-refractivity contribution in [3.8, 4) is 11.8 Å². The normalized spacial score (nSPS) is 9.40. The van der Waals surface area contributed by atoms with Crippen molar-refractivity contribution in [3.05, 3.63) is 28.8 Å². The van der Waals surface area contributed by atoms with E-state index in [0.717, 1.165) is 0 Å². The van der Waals surface area contributed by atoms with Gasteiger partial charge in [-0.1, -0.05) is 15.9 Å². The molecule has 0 atom stereocenters. The van der Waals surface area contributed by atoms with E-state index in [0.29, 0.717) is 10.9 Å². The monoisotopic (exact) mass is 269 g/mol. The van der Waals surface area contributed by atoms with E-state index in [4.69, 9.17) is 5.26 Å². The average Bonchev–Trinajstić information content (AvgIpc) is 2.27. The Balaban J connectivity index is 3.35. The highest BCUT2D eigenvalue weighted by Gasteiger charge is 2.14. The van der Waals surface area contributed by atoms with Crippen molar-refractivity contribution < 1.29 is 14.6 Å². The maximum absolute atomic E-state index is 11.3. The van der Waals surface area contributed by atoms with Crippen molar-refractivity contribution in [2.24, 2.45) is 0 Å². The lowest BCUT2D eigenvalue weighted by molar-refractivity contribution is 0.0599. The maximum atomic E-state index is 11.3. The smallest absolute Gasteiger partial charge is 0.338 e. The van der Waals surface area contributed by atoms with Gasteiger partial charge >= 0.3 is 5.97 Å². The average molecular weight is 270 g/mol. The lowest BCUT2D eigenvalue weighted by Gasteiger charge is -2.06. The minimum atomic E-state index is -0.538. The van der Waals surface area contributed by atoms with Gasteiger partial charge in [0.05, 0.1) is 18.2 Å². The number of alkyl halides is 1. The first kappa shape index (κ1) is 11.5. The Morgan fingerprint density at radius 1 is 1.67 bits per heavy atom. The van der Waals surface area contributed by atoms with Crippen LogP contribution in [0.15, 0.2) is 12.1 Å². The third-order valence-corrected chi connectivity index (χ3v) is 2.50. The molecule has 0 unspecified atom stereocenters. The van der Waals surface area contributed by atoms with E-state index in [1.807, 2.05) is 6.07 Å². The Bertz CT molecular complexity index is 437. The molecule has 4 nitrogen and oxygen atoms in total. The van der Waals surface area contributed by atoms with Crippen molar-refractivity contribution in [1.82, 2.24) is 0 Å². The van der Waals surface area contributed by atoms with Gasteiger partial charge in [-0.25, -0.2) is 4.79 Å². The van der Waals surface area contributed by atoms with Crippen LogP contribution in [0.4, 0.5) is 0 Å². The maximum Gasteiger partial charge on any atom is 0.338 e. The van der Waals surface area contributed by atoms with Crippen LogP contribution in [0.2, 0.25) is 0 Å². The Morgan fingerprint density at radius 2 is 2.33 bits per heavy atom. The number of nitriles is 1. The highest BCUT2D eigenvalue weighted by atomic mass is 79.9. The Labute approximate surface area is 95.2 Å². The molecule has 15 heavy (non-hydrogen) atoms. The number of rotatable bonds is 2. The summed E-state index contributed by atoms with van der Waals surface area (Å²) < 4.78 is 4.55. The first-order valence-corrected chi connectivity index (χ1v) is 5.16. The van der Waals surface area contributed by atoms with Gasteiger partial charge in [-0.05, 0) is 17.7 Å². The first-order valence-electron chi connectivity index (χ1n) is 4.04. The van der Waals surface area contributed by atoms with Crippen LogP contribution in [0.5, 0.6) is 5.75 Å². The lowest BCUT2D eigenvalue weighted by atomic mass is 10.0. The van der Waals surface area contributed by atoms with E-state index >= 15 is 0 Å². The van der Waals surface area contributed by atoms with Gasteiger partial charge in [0, 0.05) is 5.33 Å². The fraction of sp³-hybridized carbons (Fsp3) is 0.200. The van der Waals surface area contributed by atoms with E-state index in [1.165, 1.54) is 19.2 Å². The van der Waals surface area contributed by atoms with E-state index < -0.39 is 5.97 Å². The van der Waals surface area contributed by atoms with Crippen LogP contribution in [-0.2, 0) is 10.1 Å². The predicted octanol–water partition coefficient (Wildman–Crippen LogP) is 1.95. The fourth-order valence-corrected chi connectivity index (χ4v) is 1.60. The van der Waals surface area contributed by atoms with Gasteiger partial charge in [0.2, 0.25) is 0 Å². The molecule has 1 aromatic rings. The van der Waals surface area contributed by atoms with Gasteiger partial charge in [0.15, 0.2) is 0 Å². The van der Waals surface area contributed by atoms with E-state index in [-0.39, 0.29) is 16.9 Å². The van der Waals surface area contributed by atoms with Gasteiger partial charge in [-0.2, -0.15) is 5.26 Å².